The van der Waals surface area contributed by atoms with Crippen LogP contribution >= 0.6 is 0 Å². The molecule has 0 aliphatic heterocycles. The molecule has 2 N–H and O–H groups in total. The highest BCUT2D eigenvalue weighted by atomic mass is 16.5. The van der Waals surface area contributed by atoms with Crippen LogP contribution in [0.25, 0.3) is 0 Å². The zero-order valence-corrected chi connectivity index (χ0v) is 13.5. The minimum absolute atomic E-state index is 0.211. The molecular formula is C17H19N3O4. The van der Waals surface area contributed by atoms with Crippen molar-refractivity contribution in [1.29, 1.82) is 0 Å². The molecule has 126 valence electrons. The topological polar surface area (TPSA) is 89.5 Å². The van der Waals surface area contributed by atoms with Gasteiger partial charge in [0.2, 0.25) is 5.88 Å². The zero-order valence-electron chi connectivity index (χ0n) is 13.5. The van der Waals surface area contributed by atoms with E-state index in [-0.39, 0.29) is 18.1 Å². The van der Waals surface area contributed by atoms with Crippen LogP contribution in [0.1, 0.15) is 22.8 Å². The maximum Gasteiger partial charge on any atom is 0.276 e. The summed E-state index contributed by atoms with van der Waals surface area (Å²) in [5.41, 5.74) is 5.76. The molecule has 0 spiro atoms. The van der Waals surface area contributed by atoms with Crippen molar-refractivity contribution in [3.63, 3.8) is 0 Å². The first-order chi connectivity index (χ1) is 11.6. The van der Waals surface area contributed by atoms with Gasteiger partial charge in [-0.2, -0.15) is 0 Å². The molecule has 0 aliphatic rings. The Balaban J connectivity index is 1.85. The van der Waals surface area contributed by atoms with E-state index in [1.165, 1.54) is 6.20 Å². The molecular weight excluding hydrogens is 310 g/mol. The fraction of sp³-hybridized carbons (Fsp3) is 0.235. The van der Waals surface area contributed by atoms with Crippen LogP contribution in [0.4, 0.5) is 0 Å². The Bertz CT molecular complexity index is 718. The average molecular weight is 329 g/mol. The molecule has 0 bridgehead atoms. The maximum absolute atomic E-state index is 12.1. The number of amides is 2. The van der Waals surface area contributed by atoms with Gasteiger partial charge in [0.1, 0.15) is 11.3 Å². The smallest absolute Gasteiger partial charge is 0.276 e. The van der Waals surface area contributed by atoms with Crippen molar-refractivity contribution < 1.29 is 19.1 Å². The molecule has 2 rings (SSSR count). The largest absolute Gasteiger partial charge is 0.483 e. The number of ether oxygens (including phenoxy) is 2. The van der Waals surface area contributed by atoms with Gasteiger partial charge in [0.25, 0.3) is 11.8 Å². The standard InChI is InChI=1S/C17H19N3O4/c1-3-23-17-13(8-6-10-18-17)16(22)20-19-15(21)11-24-14-9-5-4-7-12(14)2/h4-10H,3,11H2,1-2H3,(H,19,21)(H,20,22). The normalized spacial score (nSPS) is 9.92. The summed E-state index contributed by atoms with van der Waals surface area (Å²) in [4.78, 5) is 27.8. The number of benzene rings is 1. The number of para-hydroxylation sites is 1. The summed E-state index contributed by atoms with van der Waals surface area (Å²) in [7, 11) is 0. The zero-order chi connectivity index (χ0) is 17.4. The van der Waals surface area contributed by atoms with Gasteiger partial charge < -0.3 is 9.47 Å². The van der Waals surface area contributed by atoms with E-state index < -0.39 is 11.8 Å². The quantitative estimate of drug-likeness (QED) is 0.786. The lowest BCUT2D eigenvalue weighted by atomic mass is 10.2. The highest BCUT2D eigenvalue weighted by Gasteiger charge is 2.14. The first-order valence-electron chi connectivity index (χ1n) is 7.47. The molecule has 0 atom stereocenters. The summed E-state index contributed by atoms with van der Waals surface area (Å²) in [6.45, 7) is 3.85. The van der Waals surface area contributed by atoms with Gasteiger partial charge in [0.15, 0.2) is 6.61 Å². The Morgan fingerprint density at radius 3 is 2.62 bits per heavy atom. The number of rotatable bonds is 6. The summed E-state index contributed by atoms with van der Waals surface area (Å²) < 4.78 is 10.7. The molecule has 1 heterocycles. The van der Waals surface area contributed by atoms with Crippen LogP contribution < -0.4 is 20.3 Å². The number of hydrogen-bond acceptors (Lipinski definition) is 5. The van der Waals surface area contributed by atoms with Crippen molar-refractivity contribution in [3.05, 3.63) is 53.7 Å². The summed E-state index contributed by atoms with van der Waals surface area (Å²) in [5.74, 6) is -0.169. The minimum Gasteiger partial charge on any atom is -0.483 e. The third-order valence-electron chi connectivity index (χ3n) is 3.06. The van der Waals surface area contributed by atoms with Crippen molar-refractivity contribution in [2.75, 3.05) is 13.2 Å². The number of hydrogen-bond donors (Lipinski definition) is 2. The number of aryl methyl sites for hydroxylation is 1. The molecule has 0 saturated heterocycles. The minimum atomic E-state index is -0.518. The van der Waals surface area contributed by atoms with Gasteiger partial charge in [-0.1, -0.05) is 18.2 Å². The van der Waals surface area contributed by atoms with Crippen molar-refractivity contribution in [1.82, 2.24) is 15.8 Å². The average Bonchev–Trinajstić information content (AvgIpc) is 2.60. The van der Waals surface area contributed by atoms with Crippen LogP contribution in [0.15, 0.2) is 42.6 Å². The summed E-state index contributed by atoms with van der Waals surface area (Å²) in [6.07, 6.45) is 1.52. The van der Waals surface area contributed by atoms with E-state index in [2.05, 4.69) is 15.8 Å². The van der Waals surface area contributed by atoms with Crippen molar-refractivity contribution in [3.8, 4) is 11.6 Å². The summed E-state index contributed by atoms with van der Waals surface area (Å²) >= 11 is 0. The molecule has 24 heavy (non-hydrogen) atoms. The second kappa shape index (κ2) is 8.52. The van der Waals surface area contributed by atoms with E-state index >= 15 is 0 Å². The number of pyridine rings is 1. The van der Waals surface area contributed by atoms with E-state index in [1.54, 1.807) is 25.1 Å². The fourth-order valence-corrected chi connectivity index (χ4v) is 1.91. The van der Waals surface area contributed by atoms with Gasteiger partial charge >= 0.3 is 0 Å². The maximum atomic E-state index is 12.1. The SMILES string of the molecule is CCOc1ncccc1C(=O)NNC(=O)COc1ccccc1C. The third kappa shape index (κ3) is 4.70. The van der Waals surface area contributed by atoms with Gasteiger partial charge in [-0.05, 0) is 37.6 Å². The highest BCUT2D eigenvalue weighted by molar-refractivity contribution is 5.97. The number of hydrazine groups is 1. The van der Waals surface area contributed by atoms with Gasteiger partial charge in [0, 0.05) is 6.20 Å². The molecule has 2 aromatic rings. The number of nitrogens with zero attached hydrogens (tertiary/aromatic N) is 1. The lowest BCUT2D eigenvalue weighted by molar-refractivity contribution is -0.123. The van der Waals surface area contributed by atoms with Gasteiger partial charge in [0.05, 0.1) is 6.61 Å². The van der Waals surface area contributed by atoms with Crippen LogP contribution in [0.5, 0.6) is 11.6 Å². The van der Waals surface area contributed by atoms with E-state index in [0.29, 0.717) is 12.4 Å². The lowest BCUT2D eigenvalue weighted by Crippen LogP contribution is -2.44. The number of carbonyl (C=O) groups is 2. The summed E-state index contributed by atoms with van der Waals surface area (Å²) in [5, 5.41) is 0. The van der Waals surface area contributed by atoms with Crippen molar-refractivity contribution >= 4 is 11.8 Å². The van der Waals surface area contributed by atoms with Crippen LogP contribution in [0, 0.1) is 6.92 Å². The second-order valence-electron chi connectivity index (χ2n) is 4.85. The van der Waals surface area contributed by atoms with Crippen LogP contribution in [0.2, 0.25) is 0 Å². The molecule has 0 saturated carbocycles. The molecule has 1 aromatic carbocycles. The van der Waals surface area contributed by atoms with Crippen molar-refractivity contribution in [2.24, 2.45) is 0 Å². The lowest BCUT2D eigenvalue weighted by Gasteiger charge is -2.11. The molecule has 2 amide bonds. The fourth-order valence-electron chi connectivity index (χ4n) is 1.91. The predicted octanol–water partition coefficient (Wildman–Crippen LogP) is 1.63. The van der Waals surface area contributed by atoms with E-state index in [0.717, 1.165) is 5.56 Å². The van der Waals surface area contributed by atoms with Gasteiger partial charge in [-0.3, -0.25) is 20.4 Å². The van der Waals surface area contributed by atoms with Gasteiger partial charge in [-0.15, -0.1) is 0 Å². The molecule has 0 aliphatic carbocycles. The monoisotopic (exact) mass is 329 g/mol. The van der Waals surface area contributed by atoms with E-state index in [9.17, 15) is 9.59 Å². The Hall–Kier alpha value is -3.09. The Kier molecular flexibility index (Phi) is 6.13. The highest BCUT2D eigenvalue weighted by Crippen LogP contribution is 2.16. The molecule has 0 radical (unpaired) electrons. The number of aromatic nitrogens is 1. The first kappa shape index (κ1) is 17.3. The Labute approximate surface area is 140 Å². The van der Waals surface area contributed by atoms with Crippen LogP contribution in [0.3, 0.4) is 0 Å². The van der Waals surface area contributed by atoms with Gasteiger partial charge in [-0.25, -0.2) is 4.98 Å². The molecule has 0 unspecified atom stereocenters. The van der Waals surface area contributed by atoms with Crippen LogP contribution in [-0.2, 0) is 4.79 Å². The number of carbonyl (C=O) groups excluding carboxylic acids is 2. The third-order valence-corrected chi connectivity index (χ3v) is 3.06. The molecule has 7 nitrogen and oxygen atoms in total. The predicted molar refractivity (Wildman–Crippen MR) is 87.7 cm³/mol. The number of nitrogens with one attached hydrogen (secondary N) is 2. The van der Waals surface area contributed by atoms with E-state index in [4.69, 9.17) is 9.47 Å². The summed E-state index contributed by atoms with van der Waals surface area (Å²) in [6, 6.07) is 10.5. The van der Waals surface area contributed by atoms with E-state index in [1.807, 2.05) is 25.1 Å². The Morgan fingerprint density at radius 1 is 1.08 bits per heavy atom. The molecule has 7 heteroatoms. The van der Waals surface area contributed by atoms with Crippen molar-refractivity contribution in [2.45, 2.75) is 13.8 Å². The molecule has 0 fully saturated rings. The Morgan fingerprint density at radius 2 is 1.88 bits per heavy atom. The second-order valence-corrected chi connectivity index (χ2v) is 4.85. The first-order valence-corrected chi connectivity index (χ1v) is 7.47. The molecule has 1 aromatic heterocycles. The van der Waals surface area contributed by atoms with Crippen LogP contribution in [-0.4, -0.2) is 30.0 Å².